The van der Waals surface area contributed by atoms with Crippen LogP contribution >= 0.6 is 0 Å². The summed E-state index contributed by atoms with van der Waals surface area (Å²) in [5, 5.41) is 0. The normalized spacial score (nSPS) is 17.1. The SMILES string of the molecule is CN(c1ccc(CN)cc1)S(=O)(=O)CC1CCCCC1. The Morgan fingerprint density at radius 3 is 2.30 bits per heavy atom. The van der Waals surface area contributed by atoms with Gasteiger partial charge in [-0.25, -0.2) is 8.42 Å². The molecule has 2 N–H and O–H groups in total. The maximum atomic E-state index is 12.5. The highest BCUT2D eigenvalue weighted by atomic mass is 32.2. The monoisotopic (exact) mass is 296 g/mol. The van der Waals surface area contributed by atoms with Crippen molar-refractivity contribution in [1.29, 1.82) is 0 Å². The first-order chi connectivity index (χ1) is 9.53. The van der Waals surface area contributed by atoms with Crippen molar-refractivity contribution in [2.75, 3.05) is 17.1 Å². The van der Waals surface area contributed by atoms with Crippen LogP contribution in [0.2, 0.25) is 0 Å². The van der Waals surface area contributed by atoms with Gasteiger partial charge in [0.05, 0.1) is 11.4 Å². The minimum atomic E-state index is -3.23. The zero-order valence-electron chi connectivity index (χ0n) is 12.1. The molecular formula is C15H24N2O2S. The fourth-order valence-electron chi connectivity index (χ4n) is 2.77. The first-order valence-corrected chi connectivity index (χ1v) is 8.89. The molecule has 0 heterocycles. The summed E-state index contributed by atoms with van der Waals surface area (Å²) >= 11 is 0. The summed E-state index contributed by atoms with van der Waals surface area (Å²) in [6.07, 6.45) is 5.65. The Kier molecular flexibility index (Phi) is 5.05. The molecule has 0 saturated heterocycles. The maximum Gasteiger partial charge on any atom is 0.235 e. The molecule has 0 atom stereocenters. The molecule has 0 spiro atoms. The smallest absolute Gasteiger partial charge is 0.235 e. The van der Waals surface area contributed by atoms with Gasteiger partial charge in [0.2, 0.25) is 10.0 Å². The number of nitrogens with two attached hydrogens (primary N) is 1. The largest absolute Gasteiger partial charge is 0.326 e. The molecule has 0 radical (unpaired) electrons. The second-order valence-electron chi connectivity index (χ2n) is 5.62. The lowest BCUT2D eigenvalue weighted by Gasteiger charge is -2.25. The van der Waals surface area contributed by atoms with Crippen LogP contribution in [0.3, 0.4) is 0 Å². The number of rotatable bonds is 5. The summed E-state index contributed by atoms with van der Waals surface area (Å²) in [6, 6.07) is 7.39. The predicted molar refractivity (Wildman–Crippen MR) is 83.1 cm³/mol. The van der Waals surface area contributed by atoms with Crippen molar-refractivity contribution < 1.29 is 8.42 Å². The highest BCUT2D eigenvalue weighted by molar-refractivity contribution is 7.92. The molecule has 0 aromatic heterocycles. The molecule has 1 aromatic rings. The Bertz CT molecular complexity index is 519. The summed E-state index contributed by atoms with van der Waals surface area (Å²) in [4.78, 5) is 0. The van der Waals surface area contributed by atoms with Crippen LogP contribution in [-0.2, 0) is 16.6 Å². The van der Waals surface area contributed by atoms with Gasteiger partial charge in [0.15, 0.2) is 0 Å². The molecule has 2 rings (SSSR count). The number of anilines is 1. The van der Waals surface area contributed by atoms with Crippen LogP contribution in [0.15, 0.2) is 24.3 Å². The average Bonchev–Trinajstić information content (AvgIpc) is 2.47. The van der Waals surface area contributed by atoms with E-state index in [1.807, 2.05) is 24.3 Å². The number of nitrogens with zero attached hydrogens (tertiary/aromatic N) is 1. The summed E-state index contributed by atoms with van der Waals surface area (Å²) in [5.74, 6) is 0.585. The van der Waals surface area contributed by atoms with E-state index in [9.17, 15) is 8.42 Å². The van der Waals surface area contributed by atoms with Gasteiger partial charge >= 0.3 is 0 Å². The summed E-state index contributed by atoms with van der Waals surface area (Å²) < 4.78 is 26.3. The number of hydrogen-bond donors (Lipinski definition) is 1. The van der Waals surface area contributed by atoms with Crippen LogP contribution < -0.4 is 10.0 Å². The Morgan fingerprint density at radius 1 is 1.15 bits per heavy atom. The van der Waals surface area contributed by atoms with Gasteiger partial charge in [-0.15, -0.1) is 0 Å². The van der Waals surface area contributed by atoms with Gasteiger partial charge in [-0.1, -0.05) is 31.4 Å². The quantitative estimate of drug-likeness (QED) is 0.908. The molecule has 0 amide bonds. The lowest BCUT2D eigenvalue weighted by molar-refractivity contribution is 0.385. The zero-order valence-corrected chi connectivity index (χ0v) is 12.9. The standard InChI is InChI=1S/C15H24N2O2S/c1-17(15-9-7-13(11-16)8-10-15)20(18,19)12-14-5-3-2-4-6-14/h7-10,14H,2-6,11-12,16H2,1H3. The van der Waals surface area contributed by atoms with Crippen molar-refractivity contribution in [2.24, 2.45) is 11.7 Å². The van der Waals surface area contributed by atoms with Gasteiger partial charge in [0.1, 0.15) is 0 Å². The molecule has 1 aliphatic rings. The first kappa shape index (κ1) is 15.3. The van der Waals surface area contributed by atoms with Crippen LogP contribution in [0.4, 0.5) is 5.69 Å². The lowest BCUT2D eigenvalue weighted by atomic mass is 9.91. The van der Waals surface area contributed by atoms with E-state index in [1.54, 1.807) is 7.05 Å². The molecule has 0 aliphatic heterocycles. The first-order valence-electron chi connectivity index (χ1n) is 7.28. The van der Waals surface area contributed by atoms with Crippen molar-refractivity contribution in [1.82, 2.24) is 0 Å². The molecule has 112 valence electrons. The van der Waals surface area contributed by atoms with Crippen molar-refractivity contribution >= 4 is 15.7 Å². The number of hydrogen-bond acceptors (Lipinski definition) is 3. The fourth-order valence-corrected chi connectivity index (χ4v) is 4.36. The molecule has 4 nitrogen and oxygen atoms in total. The van der Waals surface area contributed by atoms with E-state index in [0.717, 1.165) is 31.2 Å². The summed E-state index contributed by atoms with van der Waals surface area (Å²) in [7, 11) is -1.60. The van der Waals surface area contributed by atoms with Gasteiger partial charge in [-0.05, 0) is 36.5 Å². The average molecular weight is 296 g/mol. The van der Waals surface area contributed by atoms with Crippen molar-refractivity contribution in [3.8, 4) is 0 Å². The zero-order chi connectivity index (χ0) is 14.6. The van der Waals surface area contributed by atoms with Gasteiger partial charge in [-0.3, -0.25) is 4.31 Å². The maximum absolute atomic E-state index is 12.5. The van der Waals surface area contributed by atoms with Crippen LogP contribution in [0.5, 0.6) is 0 Å². The second kappa shape index (κ2) is 6.59. The van der Waals surface area contributed by atoms with E-state index in [0.29, 0.717) is 18.2 Å². The molecule has 0 bridgehead atoms. The van der Waals surface area contributed by atoms with Gasteiger partial charge in [0.25, 0.3) is 0 Å². The summed E-state index contributed by atoms with van der Waals surface area (Å²) in [6.45, 7) is 0.471. The van der Waals surface area contributed by atoms with Crippen LogP contribution in [0, 0.1) is 5.92 Å². The third-order valence-electron chi connectivity index (χ3n) is 4.12. The Morgan fingerprint density at radius 2 is 1.75 bits per heavy atom. The topological polar surface area (TPSA) is 63.4 Å². The third-order valence-corrected chi connectivity index (χ3v) is 6.06. The van der Waals surface area contributed by atoms with Gasteiger partial charge in [0, 0.05) is 13.6 Å². The highest BCUT2D eigenvalue weighted by Crippen LogP contribution is 2.27. The Labute approximate surface area is 122 Å². The minimum Gasteiger partial charge on any atom is -0.326 e. The molecule has 1 fully saturated rings. The van der Waals surface area contributed by atoms with Gasteiger partial charge in [-0.2, -0.15) is 0 Å². The number of benzene rings is 1. The molecule has 0 unspecified atom stereocenters. The second-order valence-corrected chi connectivity index (χ2v) is 7.67. The van der Waals surface area contributed by atoms with Crippen molar-refractivity contribution in [2.45, 2.75) is 38.6 Å². The van der Waals surface area contributed by atoms with E-state index >= 15 is 0 Å². The molecule has 1 aliphatic carbocycles. The van der Waals surface area contributed by atoms with E-state index in [-0.39, 0.29) is 5.75 Å². The molecule has 1 saturated carbocycles. The molecule has 5 heteroatoms. The van der Waals surface area contributed by atoms with E-state index < -0.39 is 10.0 Å². The van der Waals surface area contributed by atoms with Crippen molar-refractivity contribution in [3.63, 3.8) is 0 Å². The molecule has 1 aromatic carbocycles. The Balaban J connectivity index is 2.06. The van der Waals surface area contributed by atoms with E-state index in [2.05, 4.69) is 0 Å². The van der Waals surface area contributed by atoms with Crippen LogP contribution in [0.1, 0.15) is 37.7 Å². The fraction of sp³-hybridized carbons (Fsp3) is 0.600. The molecule has 20 heavy (non-hydrogen) atoms. The van der Waals surface area contributed by atoms with E-state index in [1.165, 1.54) is 10.7 Å². The summed E-state index contributed by atoms with van der Waals surface area (Å²) in [5.41, 5.74) is 7.27. The number of sulfonamides is 1. The Hall–Kier alpha value is -1.07. The predicted octanol–water partition coefficient (Wildman–Crippen LogP) is 2.49. The minimum absolute atomic E-state index is 0.266. The van der Waals surface area contributed by atoms with Crippen LogP contribution in [0.25, 0.3) is 0 Å². The van der Waals surface area contributed by atoms with E-state index in [4.69, 9.17) is 5.73 Å². The lowest BCUT2D eigenvalue weighted by Crippen LogP contribution is -2.32. The highest BCUT2D eigenvalue weighted by Gasteiger charge is 2.25. The van der Waals surface area contributed by atoms with Crippen LogP contribution in [-0.4, -0.2) is 21.2 Å². The van der Waals surface area contributed by atoms with Gasteiger partial charge < -0.3 is 5.73 Å². The third kappa shape index (κ3) is 3.73. The molecular weight excluding hydrogens is 272 g/mol. The van der Waals surface area contributed by atoms with Crippen molar-refractivity contribution in [3.05, 3.63) is 29.8 Å².